The van der Waals surface area contributed by atoms with Crippen molar-refractivity contribution in [3.05, 3.63) is 24.3 Å². The van der Waals surface area contributed by atoms with Gasteiger partial charge in [-0.1, -0.05) is 32.3 Å². The van der Waals surface area contributed by atoms with Gasteiger partial charge in [-0.25, -0.2) is 4.99 Å². The highest BCUT2D eigenvalue weighted by Crippen LogP contribution is 2.30. The second-order valence-electron chi connectivity index (χ2n) is 6.91. The van der Waals surface area contributed by atoms with Gasteiger partial charge in [0.15, 0.2) is 11.8 Å². The van der Waals surface area contributed by atoms with E-state index in [1.165, 1.54) is 32.1 Å². The second kappa shape index (κ2) is 9.45. The molecule has 1 aromatic heterocycles. The number of rotatable bonds is 7. The van der Waals surface area contributed by atoms with Gasteiger partial charge in [-0.2, -0.15) is 0 Å². The highest BCUT2D eigenvalue weighted by molar-refractivity contribution is 5.79. The van der Waals surface area contributed by atoms with Crippen molar-refractivity contribution < 1.29 is 0 Å². The number of nitrogens with one attached hydrogen (secondary N) is 2. The lowest BCUT2D eigenvalue weighted by molar-refractivity contribution is 0.270. The molecule has 0 radical (unpaired) electrons. The van der Waals surface area contributed by atoms with Gasteiger partial charge in [0.05, 0.1) is 0 Å². The van der Waals surface area contributed by atoms with Crippen LogP contribution in [-0.4, -0.2) is 33.8 Å². The zero-order chi connectivity index (χ0) is 17.4. The molecular formula is C18H32N6. The molecule has 0 saturated heterocycles. The number of aryl methyl sites for hydroxylation is 1. The molecule has 2 unspecified atom stereocenters. The van der Waals surface area contributed by atoms with Crippen LogP contribution in [0.5, 0.6) is 0 Å². The maximum absolute atomic E-state index is 4.63. The Morgan fingerprint density at radius 3 is 2.88 bits per heavy atom. The monoisotopic (exact) mass is 332 g/mol. The van der Waals surface area contributed by atoms with Crippen LogP contribution in [-0.2, 0) is 13.6 Å². The third-order valence-corrected chi connectivity index (χ3v) is 4.87. The molecule has 1 fully saturated rings. The van der Waals surface area contributed by atoms with Crippen LogP contribution in [0.2, 0.25) is 0 Å². The van der Waals surface area contributed by atoms with Crippen LogP contribution in [0.1, 0.15) is 50.7 Å². The van der Waals surface area contributed by atoms with Crippen LogP contribution < -0.4 is 10.6 Å². The van der Waals surface area contributed by atoms with Gasteiger partial charge in [-0.15, -0.1) is 16.8 Å². The van der Waals surface area contributed by atoms with E-state index in [-0.39, 0.29) is 0 Å². The minimum atomic E-state index is 0.518. The molecular weight excluding hydrogens is 300 g/mol. The van der Waals surface area contributed by atoms with Crippen LogP contribution in [0.4, 0.5) is 0 Å². The molecule has 1 aromatic rings. The number of nitrogens with zero attached hydrogens (tertiary/aromatic N) is 4. The predicted molar refractivity (Wildman–Crippen MR) is 98.8 cm³/mol. The first-order valence-electron chi connectivity index (χ1n) is 9.08. The Balaban J connectivity index is 1.84. The lowest BCUT2D eigenvalue weighted by atomic mass is 9.81. The molecule has 1 aliphatic carbocycles. The number of aromatic nitrogens is 3. The predicted octanol–water partition coefficient (Wildman–Crippen LogP) is 2.56. The van der Waals surface area contributed by atoms with Crippen molar-refractivity contribution in [3.63, 3.8) is 0 Å². The zero-order valence-corrected chi connectivity index (χ0v) is 15.4. The van der Waals surface area contributed by atoms with Crippen molar-refractivity contribution in [2.24, 2.45) is 23.9 Å². The molecule has 134 valence electrons. The third kappa shape index (κ3) is 5.65. The standard InChI is InChI=1S/C18H32N6/c1-5-10-19-18(21-13-17-23-22-15(3)24(17)4)20-11-9-16-8-6-7-14(2)12-16/h5,14,16H,1,6-13H2,2-4H3,(H2,19,20,21). The fraction of sp³-hybridized carbons (Fsp3) is 0.722. The van der Waals surface area contributed by atoms with Crippen LogP contribution in [0.3, 0.4) is 0 Å². The van der Waals surface area contributed by atoms with Gasteiger partial charge in [-0.05, 0) is 31.6 Å². The minimum Gasteiger partial charge on any atom is -0.356 e. The fourth-order valence-electron chi connectivity index (χ4n) is 3.30. The van der Waals surface area contributed by atoms with E-state index in [1.54, 1.807) is 0 Å². The molecule has 0 bridgehead atoms. The van der Waals surface area contributed by atoms with E-state index in [0.29, 0.717) is 13.1 Å². The summed E-state index contributed by atoms with van der Waals surface area (Å²) in [4.78, 5) is 4.63. The van der Waals surface area contributed by atoms with Gasteiger partial charge in [0, 0.05) is 20.1 Å². The molecule has 24 heavy (non-hydrogen) atoms. The Labute approximate surface area is 145 Å². The molecule has 6 heteroatoms. The average Bonchev–Trinajstić information content (AvgIpc) is 2.89. The molecule has 2 rings (SSSR count). The molecule has 2 N–H and O–H groups in total. The van der Waals surface area contributed by atoms with E-state index in [2.05, 4.69) is 39.3 Å². The molecule has 2 atom stereocenters. The lowest BCUT2D eigenvalue weighted by Crippen LogP contribution is -2.38. The van der Waals surface area contributed by atoms with Crippen molar-refractivity contribution in [2.75, 3.05) is 13.1 Å². The summed E-state index contributed by atoms with van der Waals surface area (Å²) < 4.78 is 1.97. The Kier molecular flexibility index (Phi) is 7.28. The van der Waals surface area contributed by atoms with Gasteiger partial charge in [0.1, 0.15) is 12.4 Å². The summed E-state index contributed by atoms with van der Waals surface area (Å²) in [6.07, 6.45) is 8.57. The van der Waals surface area contributed by atoms with Crippen molar-refractivity contribution >= 4 is 5.96 Å². The van der Waals surface area contributed by atoms with Gasteiger partial charge < -0.3 is 15.2 Å². The molecule has 6 nitrogen and oxygen atoms in total. The largest absolute Gasteiger partial charge is 0.356 e. The lowest BCUT2D eigenvalue weighted by Gasteiger charge is -2.26. The smallest absolute Gasteiger partial charge is 0.191 e. The Hall–Kier alpha value is -1.85. The first-order chi connectivity index (χ1) is 11.6. The van der Waals surface area contributed by atoms with Crippen molar-refractivity contribution in [2.45, 2.75) is 52.5 Å². The zero-order valence-electron chi connectivity index (χ0n) is 15.4. The van der Waals surface area contributed by atoms with E-state index >= 15 is 0 Å². The first-order valence-corrected chi connectivity index (χ1v) is 9.08. The topological polar surface area (TPSA) is 67.1 Å². The summed E-state index contributed by atoms with van der Waals surface area (Å²) in [6.45, 7) is 10.3. The Morgan fingerprint density at radius 2 is 2.21 bits per heavy atom. The molecule has 0 aliphatic heterocycles. The highest BCUT2D eigenvalue weighted by Gasteiger charge is 2.18. The molecule has 0 aromatic carbocycles. The SMILES string of the molecule is C=CCNC(=NCc1nnc(C)n1C)NCCC1CCCC(C)C1. The summed E-state index contributed by atoms with van der Waals surface area (Å²) in [5.41, 5.74) is 0. The number of aliphatic imine (C=N–C) groups is 1. The number of hydrogen-bond donors (Lipinski definition) is 2. The summed E-state index contributed by atoms with van der Waals surface area (Å²) in [5, 5.41) is 15.0. The molecule has 0 amide bonds. The summed E-state index contributed by atoms with van der Waals surface area (Å²) in [6, 6.07) is 0. The van der Waals surface area contributed by atoms with Gasteiger partial charge in [0.2, 0.25) is 0 Å². The van der Waals surface area contributed by atoms with Crippen LogP contribution in [0, 0.1) is 18.8 Å². The van der Waals surface area contributed by atoms with E-state index < -0.39 is 0 Å². The van der Waals surface area contributed by atoms with Gasteiger partial charge >= 0.3 is 0 Å². The van der Waals surface area contributed by atoms with E-state index in [0.717, 1.165) is 36.0 Å². The molecule has 1 heterocycles. The average molecular weight is 332 g/mol. The van der Waals surface area contributed by atoms with Gasteiger partial charge in [0.25, 0.3) is 0 Å². The highest BCUT2D eigenvalue weighted by atomic mass is 15.3. The van der Waals surface area contributed by atoms with Crippen molar-refractivity contribution in [1.82, 2.24) is 25.4 Å². The molecule has 1 aliphatic rings. The fourth-order valence-corrected chi connectivity index (χ4v) is 3.30. The number of guanidine groups is 1. The normalized spacial score (nSPS) is 21.5. The summed E-state index contributed by atoms with van der Waals surface area (Å²) in [5.74, 6) is 4.33. The van der Waals surface area contributed by atoms with Gasteiger partial charge in [-0.3, -0.25) is 0 Å². The third-order valence-electron chi connectivity index (χ3n) is 4.87. The molecule has 1 saturated carbocycles. The summed E-state index contributed by atoms with van der Waals surface area (Å²) >= 11 is 0. The first kappa shape index (κ1) is 18.5. The van der Waals surface area contributed by atoms with Crippen LogP contribution in [0.15, 0.2) is 17.6 Å². The Bertz CT molecular complexity index is 548. The van der Waals surface area contributed by atoms with Crippen molar-refractivity contribution in [1.29, 1.82) is 0 Å². The minimum absolute atomic E-state index is 0.518. The van der Waals surface area contributed by atoms with Crippen LogP contribution in [0.25, 0.3) is 0 Å². The quantitative estimate of drug-likeness (QED) is 0.457. The maximum Gasteiger partial charge on any atom is 0.191 e. The second-order valence-corrected chi connectivity index (χ2v) is 6.91. The van der Waals surface area contributed by atoms with E-state index in [1.807, 2.05) is 24.6 Å². The number of hydrogen-bond acceptors (Lipinski definition) is 3. The maximum atomic E-state index is 4.63. The summed E-state index contributed by atoms with van der Waals surface area (Å²) in [7, 11) is 1.97. The van der Waals surface area contributed by atoms with Crippen LogP contribution >= 0.6 is 0 Å². The Morgan fingerprint density at radius 1 is 1.38 bits per heavy atom. The molecule has 0 spiro atoms. The van der Waals surface area contributed by atoms with E-state index in [9.17, 15) is 0 Å². The van der Waals surface area contributed by atoms with E-state index in [4.69, 9.17) is 0 Å². The van der Waals surface area contributed by atoms with Crippen molar-refractivity contribution in [3.8, 4) is 0 Å².